The van der Waals surface area contributed by atoms with Gasteiger partial charge in [0.2, 0.25) is 0 Å². The van der Waals surface area contributed by atoms with Gasteiger partial charge in [0.15, 0.2) is 0 Å². The van der Waals surface area contributed by atoms with Gasteiger partial charge in [-0.25, -0.2) is 0 Å². The largest absolute Gasteiger partial charge is 0.345 e. The third-order valence-electron chi connectivity index (χ3n) is 5.32. The van der Waals surface area contributed by atoms with Crippen LogP contribution in [0.15, 0.2) is 48.5 Å². The standard InChI is InChI=1S/C21H23N3O/c1-14-18-13-17(11-12-19(18)24-23-14)21(25)22-20(16-9-5-6-10-16)15-7-3-2-4-8-15/h2-4,7-8,11-13,16,20H,5-6,9-10H2,1H3,(H,22,25)(H,23,24). The van der Waals surface area contributed by atoms with Crippen molar-refractivity contribution < 1.29 is 4.79 Å². The Kier molecular flexibility index (Phi) is 4.26. The molecule has 128 valence electrons. The number of benzene rings is 2. The summed E-state index contributed by atoms with van der Waals surface area (Å²) in [6.45, 7) is 1.97. The fourth-order valence-corrected chi connectivity index (χ4v) is 3.93. The quantitative estimate of drug-likeness (QED) is 0.737. The summed E-state index contributed by atoms with van der Waals surface area (Å²) in [6.07, 6.45) is 4.87. The summed E-state index contributed by atoms with van der Waals surface area (Å²) in [5.41, 5.74) is 3.77. The Bertz CT molecular complexity index is 879. The molecular weight excluding hydrogens is 310 g/mol. The summed E-state index contributed by atoms with van der Waals surface area (Å²) < 4.78 is 0. The van der Waals surface area contributed by atoms with Crippen molar-refractivity contribution in [2.24, 2.45) is 5.92 Å². The third-order valence-corrected chi connectivity index (χ3v) is 5.32. The highest BCUT2D eigenvalue weighted by atomic mass is 16.1. The Labute approximate surface area is 147 Å². The number of H-pyrrole nitrogens is 1. The van der Waals surface area contributed by atoms with E-state index in [0.717, 1.165) is 16.6 Å². The number of carbonyl (C=O) groups is 1. The molecule has 1 aliphatic carbocycles. The second-order valence-electron chi connectivity index (χ2n) is 6.99. The zero-order chi connectivity index (χ0) is 17.2. The highest BCUT2D eigenvalue weighted by Crippen LogP contribution is 2.36. The number of nitrogens with zero attached hydrogens (tertiary/aromatic N) is 1. The Morgan fingerprint density at radius 1 is 1.16 bits per heavy atom. The Morgan fingerprint density at radius 2 is 1.92 bits per heavy atom. The Balaban J connectivity index is 1.61. The van der Waals surface area contributed by atoms with Crippen molar-refractivity contribution in [2.75, 3.05) is 0 Å². The van der Waals surface area contributed by atoms with Gasteiger partial charge in [-0.2, -0.15) is 5.10 Å². The number of hydrogen-bond acceptors (Lipinski definition) is 2. The summed E-state index contributed by atoms with van der Waals surface area (Å²) in [6, 6.07) is 16.1. The molecule has 2 aromatic carbocycles. The number of aryl methyl sites for hydroxylation is 1. The van der Waals surface area contributed by atoms with Crippen LogP contribution < -0.4 is 5.32 Å². The van der Waals surface area contributed by atoms with Crippen molar-refractivity contribution in [1.82, 2.24) is 15.5 Å². The van der Waals surface area contributed by atoms with Crippen LogP contribution in [0.4, 0.5) is 0 Å². The lowest BCUT2D eigenvalue weighted by molar-refractivity contribution is 0.0922. The van der Waals surface area contributed by atoms with Gasteiger partial charge < -0.3 is 5.32 Å². The van der Waals surface area contributed by atoms with Gasteiger partial charge in [0.1, 0.15) is 0 Å². The predicted octanol–water partition coefficient (Wildman–Crippen LogP) is 4.53. The van der Waals surface area contributed by atoms with Crippen molar-refractivity contribution in [2.45, 2.75) is 38.6 Å². The highest BCUT2D eigenvalue weighted by molar-refractivity contribution is 5.98. The predicted molar refractivity (Wildman–Crippen MR) is 99.4 cm³/mol. The summed E-state index contributed by atoms with van der Waals surface area (Å²) >= 11 is 0. The van der Waals surface area contributed by atoms with Gasteiger partial charge in [-0.05, 0) is 49.4 Å². The average molecular weight is 333 g/mol. The first-order valence-corrected chi connectivity index (χ1v) is 9.03. The highest BCUT2D eigenvalue weighted by Gasteiger charge is 2.28. The normalized spacial score (nSPS) is 16.2. The Hall–Kier alpha value is -2.62. The number of hydrogen-bond donors (Lipinski definition) is 2. The zero-order valence-corrected chi connectivity index (χ0v) is 14.5. The number of nitrogens with one attached hydrogen (secondary N) is 2. The lowest BCUT2D eigenvalue weighted by atomic mass is 9.91. The van der Waals surface area contributed by atoms with Gasteiger partial charge >= 0.3 is 0 Å². The van der Waals surface area contributed by atoms with Gasteiger partial charge in [-0.1, -0.05) is 43.2 Å². The molecule has 0 aliphatic heterocycles. The molecule has 1 fully saturated rings. The lowest BCUT2D eigenvalue weighted by Gasteiger charge is -2.25. The summed E-state index contributed by atoms with van der Waals surface area (Å²) in [7, 11) is 0. The maximum atomic E-state index is 12.9. The number of fused-ring (bicyclic) bond motifs is 1. The van der Waals surface area contributed by atoms with Gasteiger partial charge in [0.25, 0.3) is 5.91 Å². The number of carbonyl (C=O) groups excluding carboxylic acids is 1. The van der Waals surface area contributed by atoms with E-state index in [-0.39, 0.29) is 11.9 Å². The van der Waals surface area contributed by atoms with E-state index in [1.54, 1.807) is 0 Å². The van der Waals surface area contributed by atoms with Crippen LogP contribution in [0.2, 0.25) is 0 Å². The number of rotatable bonds is 4. The van der Waals surface area contributed by atoms with E-state index >= 15 is 0 Å². The van der Waals surface area contributed by atoms with Crippen LogP contribution in [0.5, 0.6) is 0 Å². The minimum absolute atomic E-state index is 0.0109. The molecule has 1 aromatic heterocycles. The van der Waals surface area contributed by atoms with Crippen LogP contribution in [0.25, 0.3) is 10.9 Å². The van der Waals surface area contributed by atoms with Crippen molar-refractivity contribution in [3.63, 3.8) is 0 Å². The molecule has 1 aliphatic rings. The van der Waals surface area contributed by atoms with E-state index in [1.807, 2.05) is 43.3 Å². The van der Waals surface area contributed by atoms with Crippen LogP contribution in [0.1, 0.15) is 53.3 Å². The lowest BCUT2D eigenvalue weighted by Crippen LogP contribution is -2.32. The molecule has 1 amide bonds. The smallest absolute Gasteiger partial charge is 0.251 e. The molecule has 0 bridgehead atoms. The molecule has 4 rings (SSSR count). The summed E-state index contributed by atoms with van der Waals surface area (Å²) in [4.78, 5) is 12.9. The SMILES string of the molecule is Cc1[nH]nc2ccc(C(=O)NC(c3ccccc3)C3CCCC3)cc12. The zero-order valence-electron chi connectivity index (χ0n) is 14.5. The maximum Gasteiger partial charge on any atom is 0.251 e. The van der Waals surface area contributed by atoms with Crippen molar-refractivity contribution in [1.29, 1.82) is 0 Å². The van der Waals surface area contributed by atoms with Crippen molar-refractivity contribution in [3.05, 3.63) is 65.4 Å². The van der Waals surface area contributed by atoms with Crippen LogP contribution in [0.3, 0.4) is 0 Å². The molecule has 25 heavy (non-hydrogen) atoms. The van der Waals surface area contributed by atoms with Crippen LogP contribution in [-0.4, -0.2) is 16.1 Å². The van der Waals surface area contributed by atoms with Gasteiger partial charge in [-0.3, -0.25) is 9.89 Å². The minimum Gasteiger partial charge on any atom is -0.345 e. The van der Waals surface area contributed by atoms with Gasteiger partial charge in [0.05, 0.1) is 11.6 Å². The summed E-state index contributed by atoms with van der Waals surface area (Å²) in [5.74, 6) is 0.508. The van der Waals surface area contributed by atoms with Crippen molar-refractivity contribution >= 4 is 16.8 Å². The molecule has 1 saturated carbocycles. The monoisotopic (exact) mass is 333 g/mol. The number of amides is 1. The number of aromatic nitrogens is 2. The first-order valence-electron chi connectivity index (χ1n) is 9.03. The molecule has 4 heteroatoms. The molecular formula is C21H23N3O. The van der Waals surface area contributed by atoms with E-state index in [4.69, 9.17) is 0 Å². The van der Waals surface area contributed by atoms with E-state index in [1.165, 1.54) is 31.2 Å². The molecule has 0 spiro atoms. The topological polar surface area (TPSA) is 57.8 Å². The maximum absolute atomic E-state index is 12.9. The van der Waals surface area contributed by atoms with E-state index in [9.17, 15) is 4.79 Å². The fraction of sp³-hybridized carbons (Fsp3) is 0.333. The fourth-order valence-electron chi connectivity index (χ4n) is 3.93. The van der Waals surface area contributed by atoms with E-state index in [0.29, 0.717) is 11.5 Å². The average Bonchev–Trinajstić information content (AvgIpc) is 3.30. The molecule has 4 nitrogen and oxygen atoms in total. The second kappa shape index (κ2) is 6.71. The molecule has 1 heterocycles. The second-order valence-corrected chi connectivity index (χ2v) is 6.99. The van der Waals surface area contributed by atoms with E-state index < -0.39 is 0 Å². The molecule has 1 atom stereocenters. The first kappa shape index (κ1) is 15.9. The third kappa shape index (κ3) is 3.16. The van der Waals surface area contributed by atoms with Crippen LogP contribution >= 0.6 is 0 Å². The van der Waals surface area contributed by atoms with Crippen molar-refractivity contribution in [3.8, 4) is 0 Å². The van der Waals surface area contributed by atoms with E-state index in [2.05, 4.69) is 27.6 Å². The van der Waals surface area contributed by atoms with Gasteiger partial charge in [-0.15, -0.1) is 0 Å². The summed E-state index contributed by atoms with van der Waals surface area (Å²) in [5, 5.41) is 11.5. The molecule has 1 unspecified atom stereocenters. The number of aromatic amines is 1. The van der Waals surface area contributed by atoms with Crippen LogP contribution in [-0.2, 0) is 0 Å². The minimum atomic E-state index is -0.0109. The van der Waals surface area contributed by atoms with Gasteiger partial charge in [0, 0.05) is 16.6 Å². The molecule has 0 saturated heterocycles. The molecule has 2 N–H and O–H groups in total. The molecule has 0 radical (unpaired) electrons. The molecule has 3 aromatic rings. The Morgan fingerprint density at radius 3 is 2.68 bits per heavy atom. The van der Waals surface area contributed by atoms with Crippen LogP contribution in [0, 0.1) is 12.8 Å². The first-order chi connectivity index (χ1) is 12.2.